The second-order valence-corrected chi connectivity index (χ2v) is 6.57. The van der Waals surface area contributed by atoms with Gasteiger partial charge in [-0.05, 0) is 42.9 Å². The largest absolute Gasteiger partial charge is 0.273 e. The Kier molecular flexibility index (Phi) is 5.99. The third-order valence-corrected chi connectivity index (χ3v) is 4.14. The molecule has 4 heteroatoms. The van der Waals surface area contributed by atoms with Crippen LogP contribution in [0, 0.1) is 11.8 Å². The third kappa shape index (κ3) is 4.86. The molecule has 0 atom stereocenters. The minimum Gasteiger partial charge on any atom is -0.273 e. The Bertz CT molecular complexity index is 502. The molecule has 0 radical (unpaired) electrons. The quantitative estimate of drug-likeness (QED) is 0.839. The number of carbonyl (C=O) groups is 2. The van der Waals surface area contributed by atoms with Gasteiger partial charge < -0.3 is 0 Å². The molecule has 0 aliphatic heterocycles. The van der Waals surface area contributed by atoms with Crippen LogP contribution in [0.1, 0.15) is 61.9 Å². The molecule has 1 aromatic rings. The molecule has 22 heavy (non-hydrogen) atoms. The van der Waals surface area contributed by atoms with Crippen molar-refractivity contribution in [3.05, 3.63) is 35.4 Å². The molecule has 1 fully saturated rings. The van der Waals surface area contributed by atoms with Gasteiger partial charge in [0, 0.05) is 11.5 Å². The maximum Gasteiger partial charge on any atom is 0.269 e. The van der Waals surface area contributed by atoms with Gasteiger partial charge in [0.2, 0.25) is 5.91 Å². The van der Waals surface area contributed by atoms with E-state index in [4.69, 9.17) is 0 Å². The van der Waals surface area contributed by atoms with Crippen LogP contribution in [0.5, 0.6) is 0 Å². The van der Waals surface area contributed by atoms with E-state index in [0.717, 1.165) is 32.1 Å². The van der Waals surface area contributed by atoms with Crippen LogP contribution in [0.2, 0.25) is 0 Å². The minimum absolute atomic E-state index is 0.0440. The Morgan fingerprint density at radius 3 is 2.27 bits per heavy atom. The van der Waals surface area contributed by atoms with Crippen molar-refractivity contribution in [1.82, 2.24) is 10.9 Å². The van der Waals surface area contributed by atoms with Crippen LogP contribution in [0.25, 0.3) is 0 Å². The summed E-state index contributed by atoms with van der Waals surface area (Å²) in [6, 6.07) is 7.55. The lowest BCUT2D eigenvalue weighted by Gasteiger charge is -2.20. The molecule has 1 aliphatic rings. The Labute approximate surface area is 132 Å². The molecular weight excluding hydrogens is 276 g/mol. The summed E-state index contributed by atoms with van der Waals surface area (Å²) in [7, 11) is 0. The Morgan fingerprint density at radius 2 is 1.68 bits per heavy atom. The van der Waals surface area contributed by atoms with Crippen molar-refractivity contribution >= 4 is 11.8 Å². The average molecular weight is 302 g/mol. The number of hydrazine groups is 1. The summed E-state index contributed by atoms with van der Waals surface area (Å²) in [5.41, 5.74) is 6.86. The van der Waals surface area contributed by atoms with Gasteiger partial charge in [-0.1, -0.05) is 45.2 Å². The molecule has 0 aromatic heterocycles. The van der Waals surface area contributed by atoms with Gasteiger partial charge in [-0.2, -0.15) is 0 Å². The molecule has 0 heterocycles. The number of amides is 2. The topological polar surface area (TPSA) is 58.2 Å². The van der Waals surface area contributed by atoms with Crippen LogP contribution in [-0.4, -0.2) is 11.8 Å². The number of nitrogens with one attached hydrogen (secondary N) is 2. The van der Waals surface area contributed by atoms with E-state index in [1.165, 1.54) is 12.0 Å². The summed E-state index contributed by atoms with van der Waals surface area (Å²) in [5.74, 6) is 0.307. The van der Waals surface area contributed by atoms with E-state index in [1.807, 2.05) is 12.1 Å². The number of benzene rings is 1. The van der Waals surface area contributed by atoms with Gasteiger partial charge in [-0.15, -0.1) is 0 Å². The van der Waals surface area contributed by atoms with Crippen molar-refractivity contribution in [2.75, 3.05) is 0 Å². The van der Waals surface area contributed by atoms with Crippen LogP contribution in [0.3, 0.4) is 0 Å². The highest BCUT2D eigenvalue weighted by Gasteiger charge is 2.21. The molecule has 0 bridgehead atoms. The zero-order valence-corrected chi connectivity index (χ0v) is 13.5. The number of hydrogen-bond donors (Lipinski definition) is 2. The lowest BCUT2D eigenvalue weighted by Crippen LogP contribution is -2.44. The average Bonchev–Trinajstić information content (AvgIpc) is 2.53. The van der Waals surface area contributed by atoms with Crippen LogP contribution in [-0.2, 0) is 11.2 Å². The summed E-state index contributed by atoms with van der Waals surface area (Å²) < 4.78 is 0. The molecule has 120 valence electrons. The number of hydrogen-bond acceptors (Lipinski definition) is 2. The minimum atomic E-state index is -0.264. The summed E-state index contributed by atoms with van der Waals surface area (Å²) in [5, 5.41) is 0. The van der Waals surface area contributed by atoms with Gasteiger partial charge in [0.05, 0.1) is 0 Å². The highest BCUT2D eigenvalue weighted by atomic mass is 16.2. The second kappa shape index (κ2) is 7.97. The predicted octanol–water partition coefficient (Wildman–Crippen LogP) is 3.23. The highest BCUT2D eigenvalue weighted by Crippen LogP contribution is 2.23. The van der Waals surface area contributed by atoms with Gasteiger partial charge in [0.1, 0.15) is 0 Å². The van der Waals surface area contributed by atoms with E-state index in [-0.39, 0.29) is 17.7 Å². The van der Waals surface area contributed by atoms with E-state index >= 15 is 0 Å². The molecule has 0 unspecified atom stereocenters. The van der Waals surface area contributed by atoms with Crippen molar-refractivity contribution in [1.29, 1.82) is 0 Å². The van der Waals surface area contributed by atoms with E-state index in [2.05, 4.69) is 24.7 Å². The summed E-state index contributed by atoms with van der Waals surface area (Å²) in [6.07, 6.45) is 6.25. The van der Waals surface area contributed by atoms with Crippen molar-refractivity contribution in [2.24, 2.45) is 11.8 Å². The van der Waals surface area contributed by atoms with Crippen molar-refractivity contribution < 1.29 is 9.59 Å². The first-order valence-corrected chi connectivity index (χ1v) is 8.25. The second-order valence-electron chi connectivity index (χ2n) is 6.57. The first-order valence-electron chi connectivity index (χ1n) is 8.25. The first-order chi connectivity index (χ1) is 10.6. The molecular formula is C18H26N2O2. The maximum absolute atomic E-state index is 12.0. The fraction of sp³-hybridized carbons (Fsp3) is 0.556. The van der Waals surface area contributed by atoms with Gasteiger partial charge >= 0.3 is 0 Å². The summed E-state index contributed by atoms with van der Waals surface area (Å²) >= 11 is 0. The normalized spacial score (nSPS) is 15.6. The summed E-state index contributed by atoms with van der Waals surface area (Å²) in [6.45, 7) is 4.34. The van der Waals surface area contributed by atoms with Crippen LogP contribution >= 0.6 is 0 Å². The smallest absolute Gasteiger partial charge is 0.269 e. The van der Waals surface area contributed by atoms with Crippen molar-refractivity contribution in [3.63, 3.8) is 0 Å². The zero-order valence-electron chi connectivity index (χ0n) is 13.5. The van der Waals surface area contributed by atoms with Crippen molar-refractivity contribution in [3.8, 4) is 0 Å². The van der Waals surface area contributed by atoms with Crippen molar-refractivity contribution in [2.45, 2.75) is 52.4 Å². The monoisotopic (exact) mass is 302 g/mol. The number of rotatable bonds is 4. The first kappa shape index (κ1) is 16.5. The molecule has 1 aromatic carbocycles. The van der Waals surface area contributed by atoms with Crippen LogP contribution < -0.4 is 10.9 Å². The van der Waals surface area contributed by atoms with E-state index in [0.29, 0.717) is 11.5 Å². The summed E-state index contributed by atoms with van der Waals surface area (Å²) in [4.78, 5) is 24.0. The van der Waals surface area contributed by atoms with Crippen LogP contribution in [0.4, 0.5) is 0 Å². The molecule has 0 spiro atoms. The van der Waals surface area contributed by atoms with Gasteiger partial charge in [-0.25, -0.2) is 0 Å². The Balaban J connectivity index is 1.82. The van der Waals surface area contributed by atoms with E-state index < -0.39 is 0 Å². The number of carbonyl (C=O) groups excluding carboxylic acids is 2. The fourth-order valence-electron chi connectivity index (χ4n) is 2.92. The lowest BCUT2D eigenvalue weighted by molar-refractivity contribution is -0.126. The van der Waals surface area contributed by atoms with Crippen LogP contribution in [0.15, 0.2) is 24.3 Å². The fourth-order valence-corrected chi connectivity index (χ4v) is 2.92. The van der Waals surface area contributed by atoms with Gasteiger partial charge in [-0.3, -0.25) is 20.4 Å². The predicted molar refractivity (Wildman–Crippen MR) is 87.2 cm³/mol. The zero-order chi connectivity index (χ0) is 15.9. The van der Waals surface area contributed by atoms with Gasteiger partial charge in [0.15, 0.2) is 0 Å². The molecule has 2 rings (SSSR count). The standard InChI is InChI=1S/C18H26N2O2/c1-13(2)12-14-8-10-16(11-9-14)18(22)20-19-17(21)15-6-4-3-5-7-15/h8-11,13,15H,3-7,12H2,1-2H3,(H,19,21)(H,20,22). The molecule has 2 amide bonds. The molecule has 4 nitrogen and oxygen atoms in total. The van der Waals surface area contributed by atoms with Gasteiger partial charge in [0.25, 0.3) is 5.91 Å². The SMILES string of the molecule is CC(C)Cc1ccc(C(=O)NNC(=O)C2CCCCC2)cc1. The van der Waals surface area contributed by atoms with E-state index in [9.17, 15) is 9.59 Å². The lowest BCUT2D eigenvalue weighted by atomic mass is 9.89. The third-order valence-electron chi connectivity index (χ3n) is 4.14. The molecule has 0 saturated heterocycles. The Hall–Kier alpha value is -1.84. The molecule has 1 aliphatic carbocycles. The Morgan fingerprint density at radius 1 is 1.05 bits per heavy atom. The molecule has 2 N–H and O–H groups in total. The highest BCUT2D eigenvalue weighted by molar-refractivity contribution is 5.95. The van der Waals surface area contributed by atoms with E-state index in [1.54, 1.807) is 12.1 Å². The maximum atomic E-state index is 12.0. The molecule has 1 saturated carbocycles.